The van der Waals surface area contributed by atoms with Gasteiger partial charge in [-0.15, -0.1) is 0 Å². The number of nitrogens with zero attached hydrogens (tertiary/aromatic N) is 1. The molecule has 0 aliphatic rings. The van der Waals surface area contributed by atoms with Gasteiger partial charge in [0, 0.05) is 23.3 Å². The zero-order valence-electron chi connectivity index (χ0n) is 11.5. The molecule has 0 aliphatic heterocycles. The van der Waals surface area contributed by atoms with E-state index in [0.717, 1.165) is 28.9 Å². The fourth-order valence-corrected chi connectivity index (χ4v) is 2.12. The molecule has 3 nitrogen and oxygen atoms in total. The van der Waals surface area contributed by atoms with Crippen molar-refractivity contribution in [3.8, 4) is 5.75 Å². The Morgan fingerprint density at radius 1 is 1.22 bits per heavy atom. The number of hydrogen-bond donors (Lipinski definition) is 1. The highest BCUT2D eigenvalue weighted by Crippen LogP contribution is 2.30. The van der Waals surface area contributed by atoms with Crippen LogP contribution in [0.25, 0.3) is 10.9 Å². The van der Waals surface area contributed by atoms with Gasteiger partial charge >= 0.3 is 0 Å². The predicted molar refractivity (Wildman–Crippen MR) is 76.5 cm³/mol. The van der Waals surface area contributed by atoms with Crippen LogP contribution in [-0.4, -0.2) is 18.1 Å². The van der Waals surface area contributed by atoms with E-state index in [0.29, 0.717) is 6.61 Å². The largest absolute Gasteiger partial charge is 0.494 e. The van der Waals surface area contributed by atoms with Crippen LogP contribution in [0.15, 0.2) is 18.2 Å². The molecule has 0 fully saturated rings. The highest BCUT2D eigenvalue weighted by Gasteiger charge is 2.09. The molecule has 0 saturated heterocycles. The Kier molecular flexibility index (Phi) is 3.70. The molecule has 0 bridgehead atoms. The molecule has 0 spiro atoms. The zero-order chi connectivity index (χ0) is 13.1. The highest BCUT2D eigenvalue weighted by atomic mass is 16.5. The maximum Gasteiger partial charge on any atom is 0.120 e. The van der Waals surface area contributed by atoms with Gasteiger partial charge in [0.05, 0.1) is 12.1 Å². The van der Waals surface area contributed by atoms with Crippen LogP contribution in [-0.2, 0) is 0 Å². The summed E-state index contributed by atoms with van der Waals surface area (Å²) in [5.74, 6) is 0.897. The first-order valence-electron chi connectivity index (χ1n) is 6.45. The number of pyridine rings is 1. The van der Waals surface area contributed by atoms with E-state index in [9.17, 15) is 0 Å². The Balaban J connectivity index is 2.65. The second kappa shape index (κ2) is 5.25. The van der Waals surface area contributed by atoms with Crippen LogP contribution in [0.2, 0.25) is 0 Å². The predicted octanol–water partition coefficient (Wildman–Crippen LogP) is 3.68. The molecule has 3 heteroatoms. The SMILES string of the molecule is CCNc1c(C)c(C)nc2ccc(OCC)cc12. The topological polar surface area (TPSA) is 34.2 Å². The number of benzene rings is 1. The summed E-state index contributed by atoms with van der Waals surface area (Å²) >= 11 is 0. The fourth-order valence-electron chi connectivity index (χ4n) is 2.12. The van der Waals surface area contributed by atoms with Gasteiger partial charge in [-0.1, -0.05) is 0 Å². The van der Waals surface area contributed by atoms with E-state index >= 15 is 0 Å². The number of hydrogen-bond acceptors (Lipinski definition) is 3. The van der Waals surface area contributed by atoms with Crippen molar-refractivity contribution in [2.45, 2.75) is 27.7 Å². The van der Waals surface area contributed by atoms with E-state index in [1.54, 1.807) is 0 Å². The fraction of sp³-hybridized carbons (Fsp3) is 0.400. The van der Waals surface area contributed by atoms with E-state index < -0.39 is 0 Å². The maximum atomic E-state index is 5.56. The summed E-state index contributed by atoms with van der Waals surface area (Å²) in [6.45, 7) is 9.83. The molecule has 2 rings (SSSR count). The summed E-state index contributed by atoms with van der Waals surface area (Å²) in [5, 5.41) is 4.56. The molecular formula is C15H20N2O. The summed E-state index contributed by atoms with van der Waals surface area (Å²) in [4.78, 5) is 4.62. The molecule has 18 heavy (non-hydrogen) atoms. The van der Waals surface area contributed by atoms with Crippen molar-refractivity contribution in [2.75, 3.05) is 18.5 Å². The average Bonchev–Trinajstić information content (AvgIpc) is 2.36. The highest BCUT2D eigenvalue weighted by molar-refractivity contribution is 5.94. The number of aryl methyl sites for hydroxylation is 1. The molecule has 0 radical (unpaired) electrons. The van der Waals surface area contributed by atoms with Gasteiger partial charge in [-0.3, -0.25) is 4.98 Å². The minimum absolute atomic E-state index is 0.681. The second-order valence-electron chi connectivity index (χ2n) is 4.34. The van der Waals surface area contributed by atoms with Gasteiger partial charge in [0.2, 0.25) is 0 Å². The van der Waals surface area contributed by atoms with Crippen LogP contribution in [0.1, 0.15) is 25.1 Å². The van der Waals surface area contributed by atoms with Crippen molar-refractivity contribution in [1.82, 2.24) is 4.98 Å². The smallest absolute Gasteiger partial charge is 0.120 e. The number of anilines is 1. The molecule has 0 unspecified atom stereocenters. The first kappa shape index (κ1) is 12.7. The van der Waals surface area contributed by atoms with Gasteiger partial charge in [-0.25, -0.2) is 0 Å². The molecule has 0 atom stereocenters. The Hall–Kier alpha value is -1.77. The summed E-state index contributed by atoms with van der Waals surface area (Å²) in [5.41, 5.74) is 4.46. The zero-order valence-corrected chi connectivity index (χ0v) is 11.5. The summed E-state index contributed by atoms with van der Waals surface area (Å²) < 4.78 is 5.56. The van der Waals surface area contributed by atoms with E-state index in [2.05, 4.69) is 30.2 Å². The van der Waals surface area contributed by atoms with Crippen LogP contribution in [0.4, 0.5) is 5.69 Å². The Morgan fingerprint density at radius 2 is 2.00 bits per heavy atom. The number of ether oxygens (including phenoxy) is 1. The molecule has 0 saturated carbocycles. The summed E-state index contributed by atoms with van der Waals surface area (Å²) in [6.07, 6.45) is 0. The molecule has 1 aromatic heterocycles. The number of nitrogens with one attached hydrogen (secondary N) is 1. The Labute approximate surface area is 108 Å². The Bertz CT molecular complexity index is 564. The molecule has 0 aliphatic carbocycles. The lowest BCUT2D eigenvalue weighted by Gasteiger charge is -2.14. The van der Waals surface area contributed by atoms with Gasteiger partial charge in [-0.2, -0.15) is 0 Å². The normalized spacial score (nSPS) is 10.7. The third-order valence-electron chi connectivity index (χ3n) is 3.11. The van der Waals surface area contributed by atoms with Crippen molar-refractivity contribution < 1.29 is 4.74 Å². The molecule has 1 heterocycles. The second-order valence-corrected chi connectivity index (χ2v) is 4.34. The standard InChI is InChI=1S/C15H20N2O/c1-5-16-15-10(3)11(4)17-14-8-7-12(18-6-2)9-13(14)15/h7-9H,5-6H2,1-4H3,(H,16,17). The van der Waals surface area contributed by atoms with E-state index in [1.165, 1.54) is 11.3 Å². The van der Waals surface area contributed by atoms with Crippen LogP contribution in [0, 0.1) is 13.8 Å². The molecule has 96 valence electrons. The van der Waals surface area contributed by atoms with Crippen molar-refractivity contribution >= 4 is 16.6 Å². The van der Waals surface area contributed by atoms with Gasteiger partial charge in [0.1, 0.15) is 5.75 Å². The van der Waals surface area contributed by atoms with Gasteiger partial charge < -0.3 is 10.1 Å². The van der Waals surface area contributed by atoms with Crippen LogP contribution >= 0.6 is 0 Å². The van der Waals surface area contributed by atoms with Crippen LogP contribution in [0.5, 0.6) is 5.75 Å². The molecule has 0 amide bonds. The van der Waals surface area contributed by atoms with Gasteiger partial charge in [0.15, 0.2) is 0 Å². The third kappa shape index (κ3) is 2.26. The quantitative estimate of drug-likeness (QED) is 0.890. The van der Waals surface area contributed by atoms with E-state index in [1.807, 2.05) is 26.0 Å². The van der Waals surface area contributed by atoms with E-state index in [4.69, 9.17) is 4.74 Å². The average molecular weight is 244 g/mol. The monoisotopic (exact) mass is 244 g/mol. The van der Waals surface area contributed by atoms with Crippen molar-refractivity contribution in [2.24, 2.45) is 0 Å². The maximum absolute atomic E-state index is 5.56. The third-order valence-corrected chi connectivity index (χ3v) is 3.11. The molecular weight excluding hydrogens is 224 g/mol. The van der Waals surface area contributed by atoms with Gasteiger partial charge in [0.25, 0.3) is 0 Å². The number of fused-ring (bicyclic) bond motifs is 1. The number of rotatable bonds is 4. The van der Waals surface area contributed by atoms with Crippen molar-refractivity contribution in [3.63, 3.8) is 0 Å². The van der Waals surface area contributed by atoms with Crippen molar-refractivity contribution in [1.29, 1.82) is 0 Å². The lowest BCUT2D eigenvalue weighted by atomic mass is 10.1. The minimum atomic E-state index is 0.681. The molecule has 2 aromatic rings. The molecule has 1 N–H and O–H groups in total. The van der Waals surface area contributed by atoms with Gasteiger partial charge in [-0.05, 0) is 51.5 Å². The van der Waals surface area contributed by atoms with Crippen molar-refractivity contribution in [3.05, 3.63) is 29.5 Å². The minimum Gasteiger partial charge on any atom is -0.494 e. The lowest BCUT2D eigenvalue weighted by molar-refractivity contribution is 0.340. The summed E-state index contributed by atoms with van der Waals surface area (Å²) in [7, 11) is 0. The molecule has 1 aromatic carbocycles. The van der Waals surface area contributed by atoms with Crippen LogP contribution < -0.4 is 10.1 Å². The number of aromatic nitrogens is 1. The Morgan fingerprint density at radius 3 is 2.67 bits per heavy atom. The first-order chi connectivity index (χ1) is 8.67. The van der Waals surface area contributed by atoms with E-state index in [-0.39, 0.29) is 0 Å². The lowest BCUT2D eigenvalue weighted by Crippen LogP contribution is -2.03. The summed E-state index contributed by atoms with van der Waals surface area (Å²) in [6, 6.07) is 6.06. The first-order valence-corrected chi connectivity index (χ1v) is 6.45. The van der Waals surface area contributed by atoms with Crippen LogP contribution in [0.3, 0.4) is 0 Å².